The molecule has 36 heavy (non-hydrogen) atoms. The van der Waals surface area contributed by atoms with Crippen LogP contribution in [0.5, 0.6) is 11.5 Å². The van der Waals surface area contributed by atoms with Crippen molar-refractivity contribution in [2.75, 3.05) is 60.7 Å². The third-order valence-electron chi connectivity index (χ3n) is 6.31. The van der Waals surface area contributed by atoms with Gasteiger partial charge >= 0.3 is 0 Å². The van der Waals surface area contributed by atoms with Gasteiger partial charge in [-0.1, -0.05) is 6.07 Å². The molecule has 2 aromatic carbocycles. The lowest BCUT2D eigenvalue weighted by atomic mass is 9.95. The van der Waals surface area contributed by atoms with E-state index in [0.717, 1.165) is 11.1 Å². The number of amides is 3. The molecule has 0 saturated carbocycles. The van der Waals surface area contributed by atoms with Gasteiger partial charge in [-0.25, -0.2) is 4.39 Å². The number of carbonyl (C=O) groups excluding carboxylic acids is 3. The van der Waals surface area contributed by atoms with Gasteiger partial charge in [-0.2, -0.15) is 0 Å². The number of carbonyl (C=O) groups is 3. The van der Waals surface area contributed by atoms with Gasteiger partial charge in [0, 0.05) is 45.6 Å². The summed E-state index contributed by atoms with van der Waals surface area (Å²) in [6.45, 7) is 2.21. The molecule has 3 amide bonds. The summed E-state index contributed by atoms with van der Waals surface area (Å²) in [5.41, 5.74) is 2.48. The number of benzene rings is 2. The first-order valence-corrected chi connectivity index (χ1v) is 11.8. The lowest BCUT2D eigenvalue weighted by molar-refractivity contribution is -0.127. The molecule has 1 saturated heterocycles. The van der Waals surface area contributed by atoms with Gasteiger partial charge in [0.25, 0.3) is 11.8 Å². The van der Waals surface area contributed by atoms with E-state index < -0.39 is 11.7 Å². The van der Waals surface area contributed by atoms with E-state index >= 15 is 0 Å². The summed E-state index contributed by atoms with van der Waals surface area (Å²) in [5, 5.41) is 2.43. The van der Waals surface area contributed by atoms with Crippen LogP contribution in [-0.2, 0) is 22.4 Å². The molecular weight excluding hydrogens is 469 g/mol. The summed E-state index contributed by atoms with van der Waals surface area (Å²) in [4.78, 5) is 40.5. The number of hydrogen-bond donors (Lipinski definition) is 1. The highest BCUT2D eigenvalue weighted by Gasteiger charge is 2.30. The lowest BCUT2D eigenvalue weighted by Gasteiger charge is -2.28. The molecule has 0 bridgehead atoms. The Morgan fingerprint density at radius 1 is 1.11 bits per heavy atom. The molecule has 1 fully saturated rings. The van der Waals surface area contributed by atoms with Crippen molar-refractivity contribution in [3.8, 4) is 11.5 Å². The van der Waals surface area contributed by atoms with Gasteiger partial charge in [-0.15, -0.1) is 0 Å². The molecule has 0 unspecified atom stereocenters. The highest BCUT2D eigenvalue weighted by atomic mass is 19.1. The predicted octanol–water partition coefficient (Wildman–Crippen LogP) is 1.65. The number of fused-ring (bicyclic) bond motifs is 1. The zero-order valence-electron chi connectivity index (χ0n) is 20.7. The van der Waals surface area contributed by atoms with Gasteiger partial charge in [-0.05, 0) is 29.3 Å². The molecular formula is C26H30FN3O6. The summed E-state index contributed by atoms with van der Waals surface area (Å²) in [5.74, 6) is -0.643. The van der Waals surface area contributed by atoms with Crippen LogP contribution in [0.3, 0.4) is 0 Å². The van der Waals surface area contributed by atoms with Crippen molar-refractivity contribution in [1.29, 1.82) is 0 Å². The van der Waals surface area contributed by atoms with Crippen LogP contribution in [0.15, 0.2) is 24.3 Å². The average molecular weight is 500 g/mol. The number of hydrogen-bond acceptors (Lipinski definition) is 6. The predicted molar refractivity (Wildman–Crippen MR) is 129 cm³/mol. The zero-order chi connectivity index (χ0) is 25.8. The number of likely N-dealkylation sites (N-methyl/N-ethyl adjacent to an activating group) is 1. The first-order valence-electron chi connectivity index (χ1n) is 11.8. The first kappa shape index (κ1) is 25.4. The Bertz CT molecular complexity index is 1180. The first-order chi connectivity index (χ1) is 17.3. The lowest BCUT2D eigenvalue weighted by Crippen LogP contribution is -2.40. The monoisotopic (exact) mass is 499 g/mol. The summed E-state index contributed by atoms with van der Waals surface area (Å²) >= 11 is 0. The van der Waals surface area contributed by atoms with Gasteiger partial charge in [-0.3, -0.25) is 14.4 Å². The maximum Gasteiger partial charge on any atom is 0.257 e. The fraction of sp³-hybridized carbons (Fsp3) is 0.423. The SMILES string of the molecule is COc1c(C(=O)N2CCOCC2)cc(Cc2ccc(C(=O)NCC(=O)N(C)C)c(F)c2)c2c1CCO2. The molecule has 2 heterocycles. The summed E-state index contributed by atoms with van der Waals surface area (Å²) in [6.07, 6.45) is 0.905. The van der Waals surface area contributed by atoms with Crippen molar-refractivity contribution >= 4 is 17.7 Å². The Labute approximate surface area is 209 Å². The Balaban J connectivity index is 1.59. The number of ether oxygens (including phenoxy) is 3. The third kappa shape index (κ3) is 5.28. The van der Waals surface area contributed by atoms with Gasteiger partial charge < -0.3 is 29.3 Å². The van der Waals surface area contributed by atoms with E-state index in [0.29, 0.717) is 68.4 Å². The Morgan fingerprint density at radius 2 is 1.86 bits per heavy atom. The summed E-state index contributed by atoms with van der Waals surface area (Å²) in [7, 11) is 4.68. The number of morpholine rings is 1. The van der Waals surface area contributed by atoms with Crippen molar-refractivity contribution in [2.24, 2.45) is 0 Å². The molecule has 192 valence electrons. The second-order valence-electron chi connectivity index (χ2n) is 8.89. The van der Waals surface area contributed by atoms with Crippen LogP contribution in [0.1, 0.15) is 37.4 Å². The van der Waals surface area contributed by atoms with Crippen molar-refractivity contribution in [2.45, 2.75) is 12.8 Å². The fourth-order valence-electron chi connectivity index (χ4n) is 4.37. The van der Waals surface area contributed by atoms with Crippen LogP contribution in [0.25, 0.3) is 0 Å². The molecule has 0 aliphatic carbocycles. The van der Waals surface area contributed by atoms with Crippen LogP contribution < -0.4 is 14.8 Å². The smallest absolute Gasteiger partial charge is 0.257 e. The molecule has 0 aromatic heterocycles. The topological polar surface area (TPSA) is 97.4 Å². The molecule has 4 rings (SSSR count). The van der Waals surface area contributed by atoms with Crippen molar-refractivity contribution in [1.82, 2.24) is 15.1 Å². The quantitative estimate of drug-likeness (QED) is 0.622. The van der Waals surface area contributed by atoms with Gasteiger partial charge in [0.15, 0.2) is 0 Å². The standard InChI is InChI=1S/C26H30FN3O6/c1-29(2)22(31)15-28-25(32)18-5-4-16(13-21(18)27)12-17-14-20(26(33)30-7-10-35-11-8-30)24(34-3)19-6-9-36-23(17)19/h4-5,13-14H,6-12,15H2,1-3H3,(H,28,32). The zero-order valence-corrected chi connectivity index (χ0v) is 20.7. The van der Waals surface area contributed by atoms with Crippen LogP contribution in [0.2, 0.25) is 0 Å². The number of nitrogens with zero attached hydrogens (tertiary/aromatic N) is 2. The molecule has 2 aliphatic rings. The summed E-state index contributed by atoms with van der Waals surface area (Å²) in [6, 6.07) is 6.09. The number of methoxy groups -OCH3 is 1. The number of halogens is 1. The highest BCUT2D eigenvalue weighted by Crippen LogP contribution is 2.41. The Kier molecular flexibility index (Phi) is 7.73. The van der Waals surface area contributed by atoms with E-state index in [4.69, 9.17) is 14.2 Å². The Morgan fingerprint density at radius 3 is 2.53 bits per heavy atom. The molecule has 1 N–H and O–H groups in total. The fourth-order valence-corrected chi connectivity index (χ4v) is 4.37. The minimum Gasteiger partial charge on any atom is -0.495 e. The molecule has 10 heteroatoms. The van der Waals surface area contributed by atoms with Gasteiger partial charge in [0.05, 0.1) is 44.6 Å². The van der Waals surface area contributed by atoms with E-state index in [1.807, 2.05) is 0 Å². The summed E-state index contributed by atoms with van der Waals surface area (Å²) < 4.78 is 31.7. The second-order valence-corrected chi connectivity index (χ2v) is 8.89. The van der Waals surface area contributed by atoms with E-state index in [1.165, 1.54) is 24.1 Å². The number of nitrogens with one attached hydrogen (secondary N) is 1. The van der Waals surface area contributed by atoms with Crippen LogP contribution in [-0.4, -0.2) is 88.2 Å². The average Bonchev–Trinajstić information content (AvgIpc) is 3.37. The van der Waals surface area contributed by atoms with E-state index in [1.54, 1.807) is 31.1 Å². The van der Waals surface area contributed by atoms with E-state index in [2.05, 4.69) is 5.32 Å². The Hall–Kier alpha value is -3.66. The maximum atomic E-state index is 14.8. The highest BCUT2D eigenvalue weighted by molar-refractivity contribution is 5.98. The van der Waals surface area contributed by atoms with Gasteiger partial charge in [0.1, 0.15) is 17.3 Å². The second kappa shape index (κ2) is 10.9. The minimum atomic E-state index is -0.696. The molecule has 0 spiro atoms. The van der Waals surface area contributed by atoms with Crippen molar-refractivity contribution in [3.05, 3.63) is 57.9 Å². The van der Waals surface area contributed by atoms with Crippen molar-refractivity contribution in [3.63, 3.8) is 0 Å². The normalized spacial score (nSPS) is 14.6. The van der Waals surface area contributed by atoms with E-state index in [-0.39, 0.29) is 23.9 Å². The van der Waals surface area contributed by atoms with Crippen LogP contribution >= 0.6 is 0 Å². The minimum absolute atomic E-state index is 0.142. The molecule has 0 radical (unpaired) electrons. The van der Waals surface area contributed by atoms with Crippen molar-refractivity contribution < 1.29 is 33.0 Å². The van der Waals surface area contributed by atoms with Gasteiger partial charge in [0.2, 0.25) is 5.91 Å². The molecule has 2 aliphatic heterocycles. The van der Waals surface area contributed by atoms with Crippen LogP contribution in [0, 0.1) is 5.82 Å². The maximum absolute atomic E-state index is 14.8. The van der Waals surface area contributed by atoms with Crippen LogP contribution in [0.4, 0.5) is 4.39 Å². The molecule has 9 nitrogen and oxygen atoms in total. The largest absolute Gasteiger partial charge is 0.495 e. The third-order valence-corrected chi connectivity index (χ3v) is 6.31. The number of rotatable bonds is 7. The molecule has 0 atom stereocenters. The molecule has 2 aromatic rings. The van der Waals surface area contributed by atoms with E-state index in [9.17, 15) is 18.8 Å².